The van der Waals surface area contributed by atoms with Crippen molar-refractivity contribution >= 4 is 0 Å². The van der Waals surface area contributed by atoms with Gasteiger partial charge in [-0.3, -0.25) is 0 Å². The predicted octanol–water partition coefficient (Wildman–Crippen LogP) is 4.27. The van der Waals surface area contributed by atoms with Gasteiger partial charge in [-0.25, -0.2) is 0 Å². The third-order valence-corrected chi connectivity index (χ3v) is 5.14. The van der Waals surface area contributed by atoms with E-state index < -0.39 is 11.7 Å². The van der Waals surface area contributed by atoms with E-state index in [4.69, 9.17) is 0 Å². The van der Waals surface area contributed by atoms with Crippen LogP contribution in [0.5, 0.6) is 0 Å². The fraction of sp³-hybridized carbons (Fsp3) is 0.647. The summed E-state index contributed by atoms with van der Waals surface area (Å²) < 4.78 is 37.8. The van der Waals surface area contributed by atoms with Crippen LogP contribution in [0.3, 0.4) is 0 Å². The third kappa shape index (κ3) is 3.10. The van der Waals surface area contributed by atoms with Crippen molar-refractivity contribution < 1.29 is 13.2 Å². The Morgan fingerprint density at radius 2 is 1.76 bits per heavy atom. The molecule has 0 aliphatic heterocycles. The van der Waals surface area contributed by atoms with Crippen molar-refractivity contribution in [3.05, 3.63) is 35.4 Å². The molecule has 116 valence electrons. The van der Waals surface area contributed by atoms with E-state index in [1.54, 1.807) is 12.1 Å². The summed E-state index contributed by atoms with van der Waals surface area (Å²) >= 11 is 0. The van der Waals surface area contributed by atoms with E-state index in [0.29, 0.717) is 6.04 Å². The van der Waals surface area contributed by atoms with Gasteiger partial charge in [0.25, 0.3) is 0 Å². The number of fused-ring (bicyclic) bond motifs is 1. The highest BCUT2D eigenvalue weighted by Crippen LogP contribution is 2.59. The molecule has 1 aromatic carbocycles. The smallest absolute Gasteiger partial charge is 0.314 e. The van der Waals surface area contributed by atoms with Gasteiger partial charge < -0.3 is 5.32 Å². The van der Waals surface area contributed by atoms with Crippen molar-refractivity contribution in [2.24, 2.45) is 17.8 Å². The lowest BCUT2D eigenvalue weighted by Crippen LogP contribution is -2.34. The maximum absolute atomic E-state index is 12.6. The van der Waals surface area contributed by atoms with Crippen LogP contribution in [0.2, 0.25) is 0 Å². The van der Waals surface area contributed by atoms with Gasteiger partial charge in [-0.1, -0.05) is 25.5 Å². The van der Waals surface area contributed by atoms with Crippen molar-refractivity contribution in [3.63, 3.8) is 0 Å². The van der Waals surface area contributed by atoms with Gasteiger partial charge in [0, 0.05) is 6.04 Å². The summed E-state index contributed by atoms with van der Waals surface area (Å²) in [7, 11) is 0. The Morgan fingerprint density at radius 1 is 1.14 bits per heavy atom. The normalized spacial score (nSPS) is 29.2. The number of hydrogen-bond acceptors (Lipinski definition) is 1. The van der Waals surface area contributed by atoms with Crippen molar-refractivity contribution in [2.45, 2.75) is 44.8 Å². The second-order valence-corrected chi connectivity index (χ2v) is 6.40. The van der Waals surface area contributed by atoms with Crippen LogP contribution in [0, 0.1) is 17.8 Å². The summed E-state index contributed by atoms with van der Waals surface area (Å²) in [5.74, 6) is 2.47. The van der Waals surface area contributed by atoms with Crippen LogP contribution in [-0.2, 0) is 12.6 Å². The first-order chi connectivity index (χ1) is 10.0. The number of benzene rings is 1. The van der Waals surface area contributed by atoms with Gasteiger partial charge in [0.05, 0.1) is 5.56 Å². The molecule has 3 unspecified atom stereocenters. The number of alkyl halides is 3. The van der Waals surface area contributed by atoms with E-state index >= 15 is 0 Å². The monoisotopic (exact) mass is 297 g/mol. The van der Waals surface area contributed by atoms with Crippen LogP contribution in [-0.4, -0.2) is 12.6 Å². The van der Waals surface area contributed by atoms with Crippen molar-refractivity contribution in [1.29, 1.82) is 0 Å². The molecule has 0 spiro atoms. The molecule has 0 amide bonds. The number of nitrogens with one attached hydrogen (secondary N) is 1. The van der Waals surface area contributed by atoms with E-state index in [-0.39, 0.29) is 0 Å². The number of likely N-dealkylation sites (N-methyl/N-ethyl adjacent to an activating group) is 1. The second kappa shape index (κ2) is 5.64. The van der Waals surface area contributed by atoms with Crippen molar-refractivity contribution in [1.82, 2.24) is 5.32 Å². The number of hydrogen-bond donors (Lipinski definition) is 1. The first-order valence-electron chi connectivity index (χ1n) is 7.90. The Morgan fingerprint density at radius 3 is 2.29 bits per heavy atom. The minimum absolute atomic E-state index is 0.419. The quantitative estimate of drug-likeness (QED) is 0.855. The fourth-order valence-corrected chi connectivity index (χ4v) is 4.16. The Kier molecular flexibility index (Phi) is 4.00. The highest BCUT2D eigenvalue weighted by atomic mass is 19.4. The average Bonchev–Trinajstić information content (AvgIpc) is 2.90. The summed E-state index contributed by atoms with van der Waals surface area (Å²) in [6, 6.07) is 6.08. The largest absolute Gasteiger partial charge is 0.416 e. The van der Waals surface area contributed by atoms with E-state index in [1.807, 2.05) is 0 Å². The lowest BCUT2D eigenvalue weighted by Gasteiger charge is -2.20. The van der Waals surface area contributed by atoms with E-state index in [0.717, 1.165) is 36.3 Å². The minimum Gasteiger partial charge on any atom is -0.314 e. The summed E-state index contributed by atoms with van der Waals surface area (Å²) in [6.45, 7) is 3.01. The third-order valence-electron chi connectivity index (χ3n) is 5.14. The lowest BCUT2D eigenvalue weighted by molar-refractivity contribution is -0.137. The van der Waals surface area contributed by atoms with Gasteiger partial charge in [0.15, 0.2) is 0 Å². The lowest BCUT2D eigenvalue weighted by atomic mass is 9.96. The van der Waals surface area contributed by atoms with E-state index in [2.05, 4.69) is 12.2 Å². The van der Waals surface area contributed by atoms with Gasteiger partial charge >= 0.3 is 6.18 Å². The molecule has 0 heterocycles. The maximum atomic E-state index is 12.6. The average molecular weight is 297 g/mol. The maximum Gasteiger partial charge on any atom is 0.416 e. The molecule has 0 saturated heterocycles. The van der Waals surface area contributed by atoms with Gasteiger partial charge in [-0.05, 0) is 61.3 Å². The highest BCUT2D eigenvalue weighted by Gasteiger charge is 2.55. The SMILES string of the molecule is CCNC(Cc1ccc(C(F)(F)F)cc1)C1C2CCCC21. The molecule has 1 nitrogen and oxygen atoms in total. The molecule has 2 saturated carbocycles. The van der Waals surface area contributed by atoms with Gasteiger partial charge in [0.2, 0.25) is 0 Å². The molecule has 3 rings (SSSR count). The zero-order chi connectivity index (χ0) is 15.0. The summed E-state index contributed by atoms with van der Waals surface area (Å²) in [5, 5.41) is 3.54. The number of rotatable bonds is 5. The first kappa shape index (κ1) is 14.9. The molecule has 1 N–H and O–H groups in total. The molecule has 4 heteroatoms. The molecule has 0 aromatic heterocycles. The van der Waals surface area contributed by atoms with E-state index in [9.17, 15) is 13.2 Å². The zero-order valence-corrected chi connectivity index (χ0v) is 12.3. The molecule has 2 aliphatic rings. The second-order valence-electron chi connectivity index (χ2n) is 6.40. The molecular weight excluding hydrogens is 275 g/mol. The molecule has 2 aliphatic carbocycles. The molecule has 3 atom stereocenters. The topological polar surface area (TPSA) is 12.0 Å². The van der Waals surface area contributed by atoms with Crippen molar-refractivity contribution in [2.75, 3.05) is 6.54 Å². The standard InChI is InChI=1S/C17H22F3N/c1-2-21-15(16-13-4-3-5-14(13)16)10-11-6-8-12(9-7-11)17(18,19)20/h6-9,13-16,21H,2-5,10H2,1H3. The first-order valence-corrected chi connectivity index (χ1v) is 7.90. The molecule has 0 bridgehead atoms. The van der Waals surface area contributed by atoms with Crippen LogP contribution in [0.4, 0.5) is 13.2 Å². The Labute approximate surface area is 123 Å². The molecule has 1 aromatic rings. The van der Waals surface area contributed by atoms with Gasteiger partial charge in [-0.15, -0.1) is 0 Å². The fourth-order valence-electron chi connectivity index (χ4n) is 4.16. The Bertz CT molecular complexity index is 470. The molecule has 21 heavy (non-hydrogen) atoms. The Balaban J connectivity index is 1.66. The van der Waals surface area contributed by atoms with Crippen LogP contribution in [0.1, 0.15) is 37.3 Å². The summed E-state index contributed by atoms with van der Waals surface area (Å²) in [5.41, 5.74) is 0.438. The minimum atomic E-state index is -4.24. The summed E-state index contributed by atoms with van der Waals surface area (Å²) in [4.78, 5) is 0. The molecule has 0 radical (unpaired) electrons. The molecule has 2 fully saturated rings. The van der Waals surface area contributed by atoms with Crippen LogP contribution in [0.15, 0.2) is 24.3 Å². The van der Waals surface area contributed by atoms with Crippen molar-refractivity contribution in [3.8, 4) is 0 Å². The van der Waals surface area contributed by atoms with Crippen LogP contribution < -0.4 is 5.32 Å². The van der Waals surface area contributed by atoms with Crippen LogP contribution in [0.25, 0.3) is 0 Å². The Hall–Kier alpha value is -1.03. The van der Waals surface area contributed by atoms with E-state index in [1.165, 1.54) is 31.4 Å². The molecular formula is C17H22F3N. The van der Waals surface area contributed by atoms with Crippen LogP contribution >= 0.6 is 0 Å². The van der Waals surface area contributed by atoms with Gasteiger partial charge in [-0.2, -0.15) is 13.2 Å². The summed E-state index contributed by atoms with van der Waals surface area (Å²) in [6.07, 6.45) is 0.621. The van der Waals surface area contributed by atoms with Gasteiger partial charge in [0.1, 0.15) is 0 Å². The highest BCUT2D eigenvalue weighted by molar-refractivity contribution is 5.26. The zero-order valence-electron chi connectivity index (χ0n) is 12.3. The predicted molar refractivity (Wildman–Crippen MR) is 76.9 cm³/mol. The number of halogens is 3.